The van der Waals surface area contributed by atoms with Gasteiger partial charge in [-0.2, -0.15) is 0 Å². The van der Waals surface area contributed by atoms with Crippen LogP contribution in [0.25, 0.3) is 0 Å². The van der Waals surface area contributed by atoms with Gasteiger partial charge >= 0.3 is 0 Å². The minimum absolute atomic E-state index is 0.140. The van der Waals surface area contributed by atoms with Gasteiger partial charge < -0.3 is 15.2 Å². The maximum absolute atomic E-state index is 10.1. The molecule has 0 aliphatic carbocycles. The zero-order valence-corrected chi connectivity index (χ0v) is 14.2. The van der Waals surface area contributed by atoms with Crippen LogP contribution in [0.2, 0.25) is 0 Å². The van der Waals surface area contributed by atoms with Crippen LogP contribution in [0.4, 0.5) is 0 Å². The lowest BCUT2D eigenvalue weighted by molar-refractivity contribution is 0.0942. The molecule has 1 aromatic carbocycles. The van der Waals surface area contributed by atoms with Gasteiger partial charge in [-0.15, -0.1) is 0 Å². The Balaban J connectivity index is 2.45. The lowest BCUT2D eigenvalue weighted by atomic mass is 9.89. The fourth-order valence-corrected chi connectivity index (χ4v) is 2.73. The molecule has 1 unspecified atom stereocenters. The number of aliphatic hydroxyl groups is 1. The first-order valence-electron chi connectivity index (χ1n) is 8.09. The summed E-state index contributed by atoms with van der Waals surface area (Å²) in [6.07, 6.45) is 2.73. The Morgan fingerprint density at radius 3 is 2.05 bits per heavy atom. The Morgan fingerprint density at radius 2 is 1.57 bits per heavy atom. The van der Waals surface area contributed by atoms with Crippen molar-refractivity contribution < 1.29 is 9.84 Å². The summed E-state index contributed by atoms with van der Waals surface area (Å²) in [5.74, 6) is 0.833. The van der Waals surface area contributed by atoms with E-state index in [-0.39, 0.29) is 5.54 Å². The average molecular weight is 293 g/mol. The van der Waals surface area contributed by atoms with E-state index >= 15 is 0 Å². The van der Waals surface area contributed by atoms with Crippen molar-refractivity contribution in [1.82, 2.24) is 5.32 Å². The molecule has 120 valence electrons. The molecule has 0 aliphatic heterocycles. The van der Waals surface area contributed by atoms with Gasteiger partial charge in [-0.25, -0.2) is 0 Å². The summed E-state index contributed by atoms with van der Waals surface area (Å²) in [6.45, 7) is 11.6. The lowest BCUT2D eigenvalue weighted by Gasteiger charge is -2.33. The molecule has 0 spiro atoms. The van der Waals surface area contributed by atoms with Crippen molar-refractivity contribution in [3.8, 4) is 5.75 Å². The molecule has 3 heteroatoms. The quantitative estimate of drug-likeness (QED) is 0.731. The van der Waals surface area contributed by atoms with Gasteiger partial charge in [0.1, 0.15) is 18.5 Å². The second-order valence-electron chi connectivity index (χ2n) is 6.01. The molecule has 3 nitrogen and oxygen atoms in total. The number of aliphatic hydroxyl groups excluding tert-OH is 1. The molecule has 1 atom stereocenters. The molecule has 0 heterocycles. The third kappa shape index (κ3) is 5.68. The van der Waals surface area contributed by atoms with Crippen LogP contribution in [0.15, 0.2) is 18.2 Å². The zero-order valence-electron chi connectivity index (χ0n) is 14.2. The van der Waals surface area contributed by atoms with Gasteiger partial charge in [0.2, 0.25) is 0 Å². The van der Waals surface area contributed by atoms with Crippen molar-refractivity contribution in [3.63, 3.8) is 0 Å². The van der Waals surface area contributed by atoms with E-state index in [4.69, 9.17) is 4.74 Å². The van der Waals surface area contributed by atoms with E-state index < -0.39 is 6.10 Å². The highest BCUT2D eigenvalue weighted by Crippen LogP contribution is 2.19. The van der Waals surface area contributed by atoms with E-state index in [0.717, 1.165) is 25.0 Å². The molecule has 0 saturated carbocycles. The van der Waals surface area contributed by atoms with Crippen molar-refractivity contribution in [2.24, 2.45) is 0 Å². The first kappa shape index (κ1) is 18.0. The first-order valence-corrected chi connectivity index (χ1v) is 8.09. The molecular weight excluding hydrogens is 262 g/mol. The van der Waals surface area contributed by atoms with E-state index in [0.29, 0.717) is 13.2 Å². The molecule has 21 heavy (non-hydrogen) atoms. The van der Waals surface area contributed by atoms with Crippen molar-refractivity contribution in [2.75, 3.05) is 13.2 Å². The van der Waals surface area contributed by atoms with Crippen LogP contribution in [-0.2, 0) is 0 Å². The number of benzene rings is 1. The Kier molecular flexibility index (Phi) is 7.20. The van der Waals surface area contributed by atoms with Gasteiger partial charge in [0.05, 0.1) is 0 Å². The number of nitrogens with one attached hydrogen (secondary N) is 1. The standard InChI is InChI=1S/C18H31NO2/c1-6-18(7-2,8-3)19-12-16(20)13-21-17-10-14(4)9-15(5)11-17/h9-11,16,19-20H,6-8,12-13H2,1-5H3. The minimum atomic E-state index is -0.491. The molecule has 0 bridgehead atoms. The van der Waals surface area contributed by atoms with E-state index in [1.54, 1.807) is 0 Å². The number of hydrogen-bond donors (Lipinski definition) is 2. The summed E-state index contributed by atoms with van der Waals surface area (Å²) >= 11 is 0. The zero-order chi connectivity index (χ0) is 15.9. The number of β-amino-alcohol motifs (C(OH)–C–C–N with tert-alkyl or cyclic N) is 1. The van der Waals surface area contributed by atoms with Crippen LogP contribution in [0.3, 0.4) is 0 Å². The molecular formula is C18H31NO2. The van der Waals surface area contributed by atoms with Gasteiger partial charge in [-0.1, -0.05) is 26.8 Å². The number of aryl methyl sites for hydroxylation is 2. The van der Waals surface area contributed by atoms with Gasteiger partial charge in [-0.05, 0) is 56.4 Å². The molecule has 1 aromatic rings. The molecule has 0 aromatic heterocycles. The molecule has 0 amide bonds. The summed E-state index contributed by atoms with van der Waals surface area (Å²) in [4.78, 5) is 0. The van der Waals surface area contributed by atoms with Crippen LogP contribution in [-0.4, -0.2) is 29.9 Å². The van der Waals surface area contributed by atoms with Crippen molar-refractivity contribution in [2.45, 2.75) is 65.5 Å². The maximum atomic E-state index is 10.1. The number of rotatable bonds is 9. The normalized spacial score (nSPS) is 13.2. The molecule has 0 saturated heterocycles. The highest BCUT2D eigenvalue weighted by atomic mass is 16.5. The number of hydrogen-bond acceptors (Lipinski definition) is 3. The van der Waals surface area contributed by atoms with Crippen LogP contribution >= 0.6 is 0 Å². The topological polar surface area (TPSA) is 41.5 Å². The van der Waals surface area contributed by atoms with Crippen molar-refractivity contribution in [1.29, 1.82) is 0 Å². The minimum Gasteiger partial charge on any atom is -0.491 e. The van der Waals surface area contributed by atoms with E-state index in [1.165, 1.54) is 11.1 Å². The lowest BCUT2D eigenvalue weighted by Crippen LogP contribution is -2.47. The fraction of sp³-hybridized carbons (Fsp3) is 0.667. The summed E-state index contributed by atoms with van der Waals surface area (Å²) < 4.78 is 5.71. The average Bonchev–Trinajstić information content (AvgIpc) is 2.46. The van der Waals surface area contributed by atoms with Crippen molar-refractivity contribution >= 4 is 0 Å². The highest BCUT2D eigenvalue weighted by molar-refractivity contribution is 5.32. The Hall–Kier alpha value is -1.06. The molecule has 0 radical (unpaired) electrons. The summed E-state index contributed by atoms with van der Waals surface area (Å²) in [5, 5.41) is 13.6. The summed E-state index contributed by atoms with van der Waals surface area (Å²) in [5.41, 5.74) is 2.50. The monoisotopic (exact) mass is 293 g/mol. The number of ether oxygens (including phenoxy) is 1. The third-order valence-electron chi connectivity index (χ3n) is 4.38. The predicted molar refractivity (Wildman–Crippen MR) is 89.0 cm³/mol. The first-order chi connectivity index (χ1) is 9.94. The maximum Gasteiger partial charge on any atom is 0.119 e. The second kappa shape index (κ2) is 8.40. The highest BCUT2D eigenvalue weighted by Gasteiger charge is 2.23. The van der Waals surface area contributed by atoms with Gasteiger partial charge in [-0.3, -0.25) is 0 Å². The van der Waals surface area contributed by atoms with E-state index in [1.807, 2.05) is 12.1 Å². The SMILES string of the molecule is CCC(CC)(CC)NCC(O)COc1cc(C)cc(C)c1. The van der Waals surface area contributed by atoms with Gasteiger partial charge in [0.25, 0.3) is 0 Å². The molecule has 1 rings (SSSR count). The third-order valence-corrected chi connectivity index (χ3v) is 4.38. The summed E-state index contributed by atoms with van der Waals surface area (Å²) in [7, 11) is 0. The smallest absolute Gasteiger partial charge is 0.119 e. The van der Waals surface area contributed by atoms with Gasteiger partial charge in [0.15, 0.2) is 0 Å². The second-order valence-corrected chi connectivity index (χ2v) is 6.01. The van der Waals surface area contributed by atoms with E-state index in [2.05, 4.69) is 46.0 Å². The largest absolute Gasteiger partial charge is 0.491 e. The molecule has 0 fully saturated rings. The van der Waals surface area contributed by atoms with E-state index in [9.17, 15) is 5.11 Å². The van der Waals surface area contributed by atoms with Crippen molar-refractivity contribution in [3.05, 3.63) is 29.3 Å². The van der Waals surface area contributed by atoms with Crippen LogP contribution < -0.4 is 10.1 Å². The van der Waals surface area contributed by atoms with Crippen LogP contribution in [0.1, 0.15) is 51.2 Å². The summed E-state index contributed by atoms with van der Waals surface area (Å²) in [6, 6.07) is 6.12. The Labute approximate surface area is 129 Å². The Bertz CT molecular complexity index is 399. The van der Waals surface area contributed by atoms with Crippen LogP contribution in [0.5, 0.6) is 5.75 Å². The molecule has 0 aliphatic rings. The molecule has 2 N–H and O–H groups in total. The Morgan fingerprint density at radius 1 is 1.05 bits per heavy atom. The fourth-order valence-electron chi connectivity index (χ4n) is 2.73. The predicted octanol–water partition coefficient (Wildman–Crippen LogP) is 3.60. The van der Waals surface area contributed by atoms with Crippen LogP contribution in [0, 0.1) is 13.8 Å². The van der Waals surface area contributed by atoms with Gasteiger partial charge in [0, 0.05) is 12.1 Å².